The van der Waals surface area contributed by atoms with Crippen LogP contribution in [0.25, 0.3) is 6.08 Å². The van der Waals surface area contributed by atoms with Gasteiger partial charge in [0.2, 0.25) is 0 Å². The van der Waals surface area contributed by atoms with Crippen LogP contribution in [-0.4, -0.2) is 36.7 Å². The Labute approximate surface area is 162 Å². The molecule has 0 atom stereocenters. The summed E-state index contributed by atoms with van der Waals surface area (Å²) in [6, 6.07) is 15.0. The van der Waals surface area contributed by atoms with Gasteiger partial charge in [-0.3, -0.25) is 4.79 Å². The predicted octanol–water partition coefficient (Wildman–Crippen LogP) is 4.28. The van der Waals surface area contributed by atoms with Crippen LogP contribution in [0, 0.1) is 0 Å². The molecule has 0 spiro atoms. The van der Waals surface area contributed by atoms with Crippen LogP contribution in [-0.2, 0) is 20.9 Å². The molecule has 0 aliphatic heterocycles. The van der Waals surface area contributed by atoms with Gasteiger partial charge in [-0.1, -0.05) is 35.9 Å². The SMILES string of the molecule is CSc1ccc(CN(C)C(=O)COC(=O)/C=C/c2ccc(Cl)cc2)cc1. The summed E-state index contributed by atoms with van der Waals surface area (Å²) >= 11 is 7.47. The molecule has 0 unspecified atom stereocenters. The van der Waals surface area contributed by atoms with Crippen molar-refractivity contribution >= 4 is 41.3 Å². The van der Waals surface area contributed by atoms with Gasteiger partial charge < -0.3 is 9.64 Å². The van der Waals surface area contributed by atoms with E-state index in [2.05, 4.69) is 0 Å². The molecule has 0 N–H and O–H groups in total. The summed E-state index contributed by atoms with van der Waals surface area (Å²) in [5.74, 6) is -0.821. The van der Waals surface area contributed by atoms with Gasteiger partial charge in [0.25, 0.3) is 5.91 Å². The number of hydrogen-bond donors (Lipinski definition) is 0. The predicted molar refractivity (Wildman–Crippen MR) is 106 cm³/mol. The van der Waals surface area contributed by atoms with Crippen molar-refractivity contribution in [1.82, 2.24) is 4.90 Å². The van der Waals surface area contributed by atoms with Gasteiger partial charge in [-0.25, -0.2) is 4.79 Å². The summed E-state index contributed by atoms with van der Waals surface area (Å²) in [7, 11) is 1.68. The maximum absolute atomic E-state index is 12.1. The zero-order chi connectivity index (χ0) is 18.9. The number of thioether (sulfide) groups is 1. The maximum Gasteiger partial charge on any atom is 0.331 e. The number of nitrogens with zero attached hydrogens (tertiary/aromatic N) is 1. The lowest BCUT2D eigenvalue weighted by atomic mass is 10.2. The summed E-state index contributed by atoms with van der Waals surface area (Å²) in [6.07, 6.45) is 4.91. The fourth-order valence-electron chi connectivity index (χ4n) is 2.12. The van der Waals surface area contributed by atoms with Crippen molar-refractivity contribution in [2.24, 2.45) is 0 Å². The third-order valence-corrected chi connectivity index (χ3v) is 4.62. The largest absolute Gasteiger partial charge is 0.452 e. The van der Waals surface area contributed by atoms with Crippen LogP contribution in [0.5, 0.6) is 0 Å². The van der Waals surface area contributed by atoms with E-state index >= 15 is 0 Å². The first-order valence-electron chi connectivity index (χ1n) is 7.95. The highest BCUT2D eigenvalue weighted by molar-refractivity contribution is 7.98. The van der Waals surface area contributed by atoms with E-state index in [1.54, 1.807) is 49.2 Å². The molecule has 0 saturated heterocycles. The van der Waals surface area contributed by atoms with Gasteiger partial charge in [-0.05, 0) is 47.7 Å². The number of halogens is 1. The number of hydrogen-bond acceptors (Lipinski definition) is 4. The first-order valence-corrected chi connectivity index (χ1v) is 9.55. The van der Waals surface area contributed by atoms with Crippen LogP contribution >= 0.6 is 23.4 Å². The molecule has 1 amide bonds. The van der Waals surface area contributed by atoms with E-state index in [-0.39, 0.29) is 12.5 Å². The maximum atomic E-state index is 12.1. The van der Waals surface area contributed by atoms with E-state index in [0.29, 0.717) is 11.6 Å². The minimum absolute atomic E-state index is 0.257. The Morgan fingerprint density at radius 3 is 2.38 bits per heavy atom. The van der Waals surface area contributed by atoms with E-state index < -0.39 is 5.97 Å². The lowest BCUT2D eigenvalue weighted by molar-refractivity contribution is -0.147. The summed E-state index contributed by atoms with van der Waals surface area (Å²) in [4.78, 5) is 26.5. The van der Waals surface area contributed by atoms with Crippen molar-refractivity contribution < 1.29 is 14.3 Å². The van der Waals surface area contributed by atoms with E-state index in [0.717, 1.165) is 11.1 Å². The minimum Gasteiger partial charge on any atom is -0.452 e. The third-order valence-electron chi connectivity index (χ3n) is 3.62. The second-order valence-electron chi connectivity index (χ2n) is 5.59. The topological polar surface area (TPSA) is 46.6 Å². The van der Waals surface area contributed by atoms with Gasteiger partial charge in [-0.2, -0.15) is 0 Å². The van der Waals surface area contributed by atoms with E-state index in [1.807, 2.05) is 30.5 Å². The Hall–Kier alpha value is -2.24. The third kappa shape index (κ3) is 6.58. The lowest BCUT2D eigenvalue weighted by Crippen LogP contribution is -2.30. The first kappa shape index (κ1) is 20.1. The molecule has 2 rings (SSSR count). The Morgan fingerprint density at radius 2 is 1.77 bits per heavy atom. The summed E-state index contributed by atoms with van der Waals surface area (Å²) < 4.78 is 5.00. The molecule has 136 valence electrons. The fourth-order valence-corrected chi connectivity index (χ4v) is 2.66. The molecule has 0 aliphatic carbocycles. The quantitative estimate of drug-likeness (QED) is 0.403. The van der Waals surface area contributed by atoms with Gasteiger partial charge in [0.05, 0.1) is 0 Å². The molecular weight excluding hydrogens is 370 g/mol. The number of rotatable bonds is 7. The molecule has 0 heterocycles. The number of ether oxygens (including phenoxy) is 1. The first-order chi connectivity index (χ1) is 12.5. The van der Waals surface area contributed by atoms with E-state index in [4.69, 9.17) is 16.3 Å². The molecule has 0 radical (unpaired) electrons. The Balaban J connectivity index is 1.78. The average Bonchev–Trinajstić information content (AvgIpc) is 2.66. The Morgan fingerprint density at radius 1 is 1.12 bits per heavy atom. The fraction of sp³-hybridized carbons (Fsp3) is 0.200. The van der Waals surface area contributed by atoms with Crippen molar-refractivity contribution in [3.05, 3.63) is 70.8 Å². The smallest absolute Gasteiger partial charge is 0.331 e. The number of esters is 1. The number of benzene rings is 2. The summed E-state index contributed by atoms with van der Waals surface area (Å²) in [6.45, 7) is 0.175. The van der Waals surface area contributed by atoms with Crippen LogP contribution in [0.2, 0.25) is 5.02 Å². The highest BCUT2D eigenvalue weighted by Gasteiger charge is 2.11. The second-order valence-corrected chi connectivity index (χ2v) is 6.91. The Bertz CT molecular complexity index is 773. The molecular formula is C20H20ClNO3S. The minimum atomic E-state index is -0.564. The molecule has 0 aliphatic rings. The zero-order valence-corrected chi connectivity index (χ0v) is 16.2. The van der Waals surface area contributed by atoms with Crippen LogP contribution in [0.4, 0.5) is 0 Å². The number of carbonyl (C=O) groups excluding carboxylic acids is 2. The molecule has 0 fully saturated rings. The molecule has 4 nitrogen and oxygen atoms in total. The van der Waals surface area contributed by atoms with Gasteiger partial charge in [-0.15, -0.1) is 11.8 Å². The Kier molecular flexibility index (Phi) is 7.75. The normalized spacial score (nSPS) is 10.7. The number of amides is 1. The van der Waals surface area contributed by atoms with Crippen LogP contribution < -0.4 is 0 Å². The van der Waals surface area contributed by atoms with Crippen LogP contribution in [0.3, 0.4) is 0 Å². The number of likely N-dealkylation sites (N-methyl/N-ethyl adjacent to an activating group) is 1. The van der Waals surface area contributed by atoms with Crippen molar-refractivity contribution in [2.45, 2.75) is 11.4 Å². The summed E-state index contributed by atoms with van der Waals surface area (Å²) in [5.41, 5.74) is 1.84. The highest BCUT2D eigenvalue weighted by Crippen LogP contribution is 2.15. The van der Waals surface area contributed by atoms with Crippen molar-refractivity contribution in [3.63, 3.8) is 0 Å². The number of carbonyl (C=O) groups is 2. The standard InChI is InChI=1S/C20H20ClNO3S/c1-22(13-16-5-10-18(26-2)11-6-16)19(23)14-25-20(24)12-7-15-3-8-17(21)9-4-15/h3-12H,13-14H2,1-2H3/b12-7+. The molecule has 26 heavy (non-hydrogen) atoms. The zero-order valence-electron chi connectivity index (χ0n) is 14.6. The van der Waals surface area contributed by atoms with Crippen molar-refractivity contribution in [3.8, 4) is 0 Å². The molecule has 2 aromatic rings. The van der Waals surface area contributed by atoms with Gasteiger partial charge in [0.1, 0.15) is 0 Å². The second kappa shape index (κ2) is 10.0. The molecule has 0 aromatic heterocycles. The van der Waals surface area contributed by atoms with Crippen molar-refractivity contribution in [2.75, 3.05) is 19.9 Å². The lowest BCUT2D eigenvalue weighted by Gasteiger charge is -2.17. The van der Waals surface area contributed by atoms with Crippen LogP contribution in [0.1, 0.15) is 11.1 Å². The molecule has 0 saturated carbocycles. The van der Waals surface area contributed by atoms with Crippen molar-refractivity contribution in [1.29, 1.82) is 0 Å². The van der Waals surface area contributed by atoms with Gasteiger partial charge in [0.15, 0.2) is 6.61 Å². The van der Waals surface area contributed by atoms with E-state index in [9.17, 15) is 9.59 Å². The molecule has 2 aromatic carbocycles. The van der Waals surface area contributed by atoms with Gasteiger partial charge >= 0.3 is 5.97 Å². The molecule has 6 heteroatoms. The van der Waals surface area contributed by atoms with E-state index in [1.165, 1.54) is 15.9 Å². The monoisotopic (exact) mass is 389 g/mol. The molecule has 0 bridgehead atoms. The highest BCUT2D eigenvalue weighted by atomic mass is 35.5. The van der Waals surface area contributed by atoms with Crippen LogP contribution in [0.15, 0.2) is 59.5 Å². The average molecular weight is 390 g/mol. The van der Waals surface area contributed by atoms with Gasteiger partial charge in [0, 0.05) is 29.6 Å². The summed E-state index contributed by atoms with van der Waals surface area (Å²) in [5, 5.41) is 0.626.